The quantitative estimate of drug-likeness (QED) is 0.390. The molecule has 0 nitrogen and oxygen atoms in total. The summed E-state index contributed by atoms with van der Waals surface area (Å²) in [6, 6.07) is 8.01. The molecular formula is C8H6ClI3. The van der Waals surface area contributed by atoms with Crippen LogP contribution in [0, 0.1) is 0 Å². The minimum absolute atomic E-state index is 0.119. The minimum atomic E-state index is 0.119. The van der Waals surface area contributed by atoms with Gasteiger partial charge < -0.3 is 0 Å². The van der Waals surface area contributed by atoms with Crippen molar-refractivity contribution in [2.45, 2.75) is 1.43 Å². The van der Waals surface area contributed by atoms with Gasteiger partial charge in [-0.2, -0.15) is 0 Å². The SMILES string of the molecule is Clc1ccccc1C(I)(I)CI. The van der Waals surface area contributed by atoms with Gasteiger partial charge in [0.2, 0.25) is 0 Å². The molecule has 0 radical (unpaired) electrons. The number of rotatable bonds is 2. The first-order chi connectivity index (χ1) is 5.58. The van der Waals surface area contributed by atoms with Crippen LogP contribution >= 0.6 is 79.4 Å². The lowest BCUT2D eigenvalue weighted by Gasteiger charge is -2.19. The molecule has 0 unspecified atom stereocenters. The molecule has 0 saturated heterocycles. The van der Waals surface area contributed by atoms with E-state index in [1.165, 1.54) is 5.56 Å². The Bertz CT molecular complexity index is 273. The number of halogens is 4. The number of hydrogen-bond acceptors (Lipinski definition) is 0. The Hall–Kier alpha value is 1.70. The zero-order valence-corrected chi connectivity index (χ0v) is 13.3. The van der Waals surface area contributed by atoms with E-state index in [9.17, 15) is 0 Å². The van der Waals surface area contributed by atoms with E-state index in [1.54, 1.807) is 0 Å². The van der Waals surface area contributed by atoms with Crippen molar-refractivity contribution in [1.82, 2.24) is 0 Å². The van der Waals surface area contributed by atoms with Gasteiger partial charge >= 0.3 is 0 Å². The van der Waals surface area contributed by atoms with Crippen molar-refractivity contribution in [3.63, 3.8) is 0 Å². The van der Waals surface area contributed by atoms with E-state index in [1.807, 2.05) is 18.2 Å². The van der Waals surface area contributed by atoms with Crippen LogP contribution < -0.4 is 0 Å². The largest absolute Gasteiger partial charge is 0.108 e. The first-order valence-corrected chi connectivity index (χ1v) is 7.33. The lowest BCUT2D eigenvalue weighted by atomic mass is 10.2. The van der Waals surface area contributed by atoms with Crippen molar-refractivity contribution in [1.29, 1.82) is 0 Å². The summed E-state index contributed by atoms with van der Waals surface area (Å²) in [6.45, 7) is 0. The molecule has 0 saturated carbocycles. The van der Waals surface area contributed by atoms with Gasteiger partial charge in [0.25, 0.3) is 0 Å². The summed E-state index contributed by atoms with van der Waals surface area (Å²) in [4.78, 5) is 0. The van der Waals surface area contributed by atoms with Crippen LogP contribution in [0.25, 0.3) is 0 Å². The fourth-order valence-electron chi connectivity index (χ4n) is 0.830. The molecule has 12 heavy (non-hydrogen) atoms. The third-order valence-corrected chi connectivity index (χ3v) is 7.75. The van der Waals surface area contributed by atoms with Gasteiger partial charge in [0.05, 0.1) is 0 Å². The smallest absolute Gasteiger partial charge is 0.0840 e. The number of benzene rings is 1. The Labute approximate surface area is 118 Å². The number of alkyl halides is 3. The molecule has 0 aliphatic carbocycles. The highest BCUT2D eigenvalue weighted by molar-refractivity contribution is 14.2. The molecule has 0 bridgehead atoms. The molecular weight excluding hydrogens is 512 g/mol. The molecule has 0 N–H and O–H groups in total. The molecule has 0 aliphatic heterocycles. The molecule has 0 amide bonds. The Morgan fingerprint density at radius 1 is 1.25 bits per heavy atom. The van der Waals surface area contributed by atoms with Crippen molar-refractivity contribution in [3.05, 3.63) is 34.9 Å². The molecule has 0 fully saturated rings. The third-order valence-electron chi connectivity index (χ3n) is 1.44. The normalized spacial score (nSPS) is 11.7. The third kappa shape index (κ3) is 2.84. The van der Waals surface area contributed by atoms with Crippen molar-refractivity contribution in [3.8, 4) is 0 Å². The fourth-order valence-corrected chi connectivity index (χ4v) is 2.80. The van der Waals surface area contributed by atoms with Crippen LogP contribution in [0.3, 0.4) is 0 Å². The lowest BCUT2D eigenvalue weighted by molar-refractivity contribution is 1.15. The average Bonchev–Trinajstić information content (AvgIpc) is 2.05. The molecule has 1 aromatic carbocycles. The van der Waals surface area contributed by atoms with Crippen LogP contribution in [0.1, 0.15) is 5.56 Å². The highest BCUT2D eigenvalue weighted by Crippen LogP contribution is 2.43. The van der Waals surface area contributed by atoms with Crippen LogP contribution in [0.2, 0.25) is 5.02 Å². The Balaban J connectivity index is 3.10. The summed E-state index contributed by atoms with van der Waals surface area (Å²) in [7, 11) is 0. The predicted molar refractivity (Wildman–Crippen MR) is 80.1 cm³/mol. The second-order valence-electron chi connectivity index (χ2n) is 2.32. The summed E-state index contributed by atoms with van der Waals surface area (Å²) in [6.07, 6.45) is 0. The maximum Gasteiger partial charge on any atom is 0.108 e. The van der Waals surface area contributed by atoms with Gasteiger partial charge in [-0.15, -0.1) is 0 Å². The molecule has 1 rings (SSSR count). The minimum Gasteiger partial charge on any atom is -0.0840 e. The van der Waals surface area contributed by atoms with Gasteiger partial charge in [-0.05, 0) is 11.6 Å². The van der Waals surface area contributed by atoms with E-state index in [2.05, 4.69) is 73.8 Å². The fraction of sp³-hybridized carbons (Fsp3) is 0.250. The Morgan fingerprint density at radius 3 is 2.33 bits per heavy atom. The van der Waals surface area contributed by atoms with Crippen LogP contribution in [0.4, 0.5) is 0 Å². The monoisotopic (exact) mass is 518 g/mol. The van der Waals surface area contributed by atoms with Crippen LogP contribution in [-0.4, -0.2) is 4.43 Å². The Kier molecular flexibility index (Phi) is 4.88. The van der Waals surface area contributed by atoms with Crippen LogP contribution in [-0.2, 0) is 1.43 Å². The second kappa shape index (κ2) is 4.97. The molecule has 66 valence electrons. The van der Waals surface area contributed by atoms with Crippen molar-refractivity contribution < 1.29 is 0 Å². The van der Waals surface area contributed by atoms with E-state index >= 15 is 0 Å². The first-order valence-electron chi connectivity index (χ1n) is 3.27. The highest BCUT2D eigenvalue weighted by Gasteiger charge is 2.25. The van der Waals surface area contributed by atoms with E-state index < -0.39 is 0 Å². The summed E-state index contributed by atoms with van der Waals surface area (Å²) in [5.74, 6) is 0. The molecule has 0 spiro atoms. The highest BCUT2D eigenvalue weighted by atomic mass is 127. The van der Waals surface area contributed by atoms with Gasteiger partial charge in [-0.1, -0.05) is 97.6 Å². The van der Waals surface area contributed by atoms with Gasteiger partial charge in [0.1, 0.15) is 1.43 Å². The predicted octanol–water partition coefficient (Wildman–Crippen LogP) is 4.80. The molecule has 1 aromatic rings. The second-order valence-corrected chi connectivity index (χ2v) is 9.24. The van der Waals surface area contributed by atoms with E-state index in [0.29, 0.717) is 0 Å². The summed E-state index contributed by atoms with van der Waals surface area (Å²) < 4.78 is 1.17. The topological polar surface area (TPSA) is 0 Å². The maximum absolute atomic E-state index is 6.07. The molecule has 4 heteroatoms. The molecule has 0 atom stereocenters. The average molecular weight is 518 g/mol. The molecule has 0 heterocycles. The van der Waals surface area contributed by atoms with Gasteiger partial charge in [-0.3, -0.25) is 0 Å². The summed E-state index contributed by atoms with van der Waals surface area (Å²) in [5, 5.41) is 0.859. The van der Waals surface area contributed by atoms with Crippen molar-refractivity contribution in [2.24, 2.45) is 0 Å². The van der Waals surface area contributed by atoms with E-state index in [4.69, 9.17) is 11.6 Å². The molecule has 0 aromatic heterocycles. The molecule has 0 aliphatic rings. The van der Waals surface area contributed by atoms with Crippen molar-refractivity contribution >= 4 is 79.4 Å². The first kappa shape index (κ1) is 11.8. The van der Waals surface area contributed by atoms with Crippen molar-refractivity contribution in [2.75, 3.05) is 4.43 Å². The van der Waals surface area contributed by atoms with E-state index in [0.717, 1.165) is 9.45 Å². The van der Waals surface area contributed by atoms with Gasteiger partial charge in [0, 0.05) is 9.45 Å². The summed E-state index contributed by atoms with van der Waals surface area (Å²) >= 11 is 13.3. The van der Waals surface area contributed by atoms with Gasteiger partial charge in [0.15, 0.2) is 0 Å². The lowest BCUT2D eigenvalue weighted by Crippen LogP contribution is -2.10. The van der Waals surface area contributed by atoms with Gasteiger partial charge in [-0.25, -0.2) is 0 Å². The standard InChI is InChI=1S/C8H6ClI3/c9-7-4-2-1-3-6(7)8(11,12)5-10/h1-4H,5H2. The zero-order chi connectivity index (χ0) is 9.19. The van der Waals surface area contributed by atoms with Crippen LogP contribution in [0.15, 0.2) is 24.3 Å². The van der Waals surface area contributed by atoms with E-state index in [-0.39, 0.29) is 1.43 Å². The number of hydrogen-bond donors (Lipinski definition) is 0. The maximum atomic E-state index is 6.07. The Morgan fingerprint density at radius 2 is 1.83 bits per heavy atom. The van der Waals surface area contributed by atoms with Crippen LogP contribution in [0.5, 0.6) is 0 Å². The summed E-state index contributed by atoms with van der Waals surface area (Å²) in [5.41, 5.74) is 1.21. The zero-order valence-electron chi connectivity index (χ0n) is 6.03.